The summed E-state index contributed by atoms with van der Waals surface area (Å²) in [6, 6.07) is 0. The van der Waals surface area contributed by atoms with Crippen LogP contribution in [0.2, 0.25) is 0 Å². The molecule has 1 aliphatic rings. The number of allylic oxidation sites excluding steroid dienone is 1. The Labute approximate surface area is 105 Å². The Kier molecular flexibility index (Phi) is 3.51. The topological polar surface area (TPSA) is 32.7 Å². The van der Waals surface area contributed by atoms with Gasteiger partial charge in [0.1, 0.15) is 0 Å². The zero-order valence-electron chi connectivity index (χ0n) is 12.1. The van der Waals surface area contributed by atoms with E-state index < -0.39 is 0 Å². The van der Waals surface area contributed by atoms with E-state index in [1.165, 1.54) is 0 Å². The van der Waals surface area contributed by atoms with Crippen LogP contribution in [0.1, 0.15) is 41.5 Å². The first-order valence-corrected chi connectivity index (χ1v) is 6.08. The van der Waals surface area contributed by atoms with Crippen molar-refractivity contribution >= 4 is 12.1 Å². The van der Waals surface area contributed by atoms with E-state index in [4.69, 9.17) is 0 Å². The van der Waals surface area contributed by atoms with Gasteiger partial charge in [-0.3, -0.25) is 9.79 Å². The van der Waals surface area contributed by atoms with Crippen LogP contribution in [0.15, 0.2) is 16.3 Å². The lowest BCUT2D eigenvalue weighted by atomic mass is 9.78. The molecule has 1 aliphatic heterocycles. The van der Waals surface area contributed by atoms with Crippen molar-refractivity contribution < 1.29 is 4.79 Å². The zero-order valence-corrected chi connectivity index (χ0v) is 12.1. The Bertz CT molecular complexity index is 378. The molecule has 3 heteroatoms. The smallest absolute Gasteiger partial charge is 0.252 e. The van der Waals surface area contributed by atoms with Crippen LogP contribution in [-0.4, -0.2) is 30.6 Å². The van der Waals surface area contributed by atoms with Crippen LogP contribution in [0.25, 0.3) is 0 Å². The van der Waals surface area contributed by atoms with Crippen molar-refractivity contribution in [2.45, 2.75) is 41.5 Å². The first-order chi connectivity index (χ1) is 7.55. The van der Waals surface area contributed by atoms with Crippen molar-refractivity contribution in [1.82, 2.24) is 4.90 Å². The average Bonchev–Trinajstić information content (AvgIpc) is 2.24. The molecule has 0 unspecified atom stereocenters. The van der Waals surface area contributed by atoms with E-state index in [2.05, 4.69) is 46.5 Å². The van der Waals surface area contributed by atoms with E-state index in [1.54, 1.807) is 4.90 Å². The van der Waals surface area contributed by atoms with E-state index >= 15 is 0 Å². The molecule has 0 bridgehead atoms. The molecule has 0 spiro atoms. The number of carbonyl (C=O) groups excluding carboxylic acids is 1. The molecule has 0 fully saturated rings. The molecule has 0 N–H and O–H groups in total. The molecule has 96 valence electrons. The molecule has 0 saturated carbocycles. The molecule has 0 aromatic carbocycles. The van der Waals surface area contributed by atoms with E-state index in [-0.39, 0.29) is 16.7 Å². The molecule has 0 saturated heterocycles. The Morgan fingerprint density at radius 3 is 2.06 bits per heavy atom. The summed E-state index contributed by atoms with van der Waals surface area (Å²) in [6.45, 7) is 13.1. The van der Waals surface area contributed by atoms with Crippen molar-refractivity contribution in [1.29, 1.82) is 0 Å². The highest BCUT2D eigenvalue weighted by Gasteiger charge is 2.34. The summed E-state index contributed by atoms with van der Waals surface area (Å²) in [5, 5.41) is 0. The van der Waals surface area contributed by atoms with E-state index in [9.17, 15) is 4.79 Å². The number of amides is 1. The van der Waals surface area contributed by atoms with Crippen LogP contribution < -0.4 is 0 Å². The third kappa shape index (κ3) is 2.96. The van der Waals surface area contributed by atoms with Gasteiger partial charge in [-0.1, -0.05) is 41.5 Å². The number of hydrogen-bond donors (Lipinski definition) is 0. The number of rotatable bonds is 0. The second-order valence-corrected chi connectivity index (χ2v) is 6.72. The lowest BCUT2D eigenvalue weighted by Gasteiger charge is -2.30. The maximum atomic E-state index is 12.4. The lowest BCUT2D eigenvalue weighted by molar-refractivity contribution is -0.126. The predicted molar refractivity (Wildman–Crippen MR) is 72.1 cm³/mol. The van der Waals surface area contributed by atoms with Crippen molar-refractivity contribution in [2.75, 3.05) is 13.6 Å². The Balaban J connectivity index is 3.48. The van der Waals surface area contributed by atoms with Crippen LogP contribution in [0.4, 0.5) is 0 Å². The van der Waals surface area contributed by atoms with Gasteiger partial charge in [-0.2, -0.15) is 0 Å². The van der Waals surface area contributed by atoms with Crippen molar-refractivity contribution in [3.63, 3.8) is 0 Å². The normalized spacial score (nSPS) is 18.8. The SMILES string of the molecule is CN1CC=NC(C(C)(C)C)=C(C(C)(C)C)C1=O. The van der Waals surface area contributed by atoms with Crippen molar-refractivity contribution in [3.05, 3.63) is 11.3 Å². The Morgan fingerprint density at radius 1 is 1.12 bits per heavy atom. The summed E-state index contributed by atoms with van der Waals surface area (Å²) in [7, 11) is 1.83. The fraction of sp³-hybridized carbons (Fsp3) is 0.714. The van der Waals surface area contributed by atoms with Crippen LogP contribution in [0.3, 0.4) is 0 Å². The van der Waals surface area contributed by atoms with E-state index in [1.807, 2.05) is 13.3 Å². The van der Waals surface area contributed by atoms with Crippen molar-refractivity contribution in [2.24, 2.45) is 15.8 Å². The fourth-order valence-corrected chi connectivity index (χ4v) is 1.94. The summed E-state index contributed by atoms with van der Waals surface area (Å²) in [5.41, 5.74) is 1.45. The first-order valence-electron chi connectivity index (χ1n) is 6.08. The Morgan fingerprint density at radius 2 is 1.65 bits per heavy atom. The molecule has 1 rings (SSSR count). The van der Waals surface area contributed by atoms with Gasteiger partial charge < -0.3 is 4.90 Å². The van der Waals surface area contributed by atoms with E-state index in [0.717, 1.165) is 11.3 Å². The largest absolute Gasteiger partial charge is 0.337 e. The average molecular weight is 236 g/mol. The monoisotopic (exact) mass is 236 g/mol. The first kappa shape index (κ1) is 13.9. The van der Waals surface area contributed by atoms with Gasteiger partial charge in [0, 0.05) is 24.3 Å². The Hall–Kier alpha value is -1.12. The van der Waals surface area contributed by atoms with Crippen molar-refractivity contribution in [3.8, 4) is 0 Å². The second kappa shape index (κ2) is 4.28. The standard InChI is InChI=1S/C14H24N2O/c1-13(2,3)10-11(14(4,5)6)15-8-9-16(7)12(10)17/h8H,9H2,1-7H3. The van der Waals surface area contributed by atoms with Crippen LogP contribution >= 0.6 is 0 Å². The molecule has 0 radical (unpaired) electrons. The quantitative estimate of drug-likeness (QED) is 0.636. The number of aliphatic imine (C=N–C) groups is 1. The van der Waals surface area contributed by atoms with Gasteiger partial charge in [0.05, 0.1) is 12.2 Å². The van der Waals surface area contributed by atoms with Crippen LogP contribution in [-0.2, 0) is 4.79 Å². The van der Waals surface area contributed by atoms with Gasteiger partial charge in [0.2, 0.25) is 0 Å². The molecule has 1 amide bonds. The number of hydrogen-bond acceptors (Lipinski definition) is 2. The number of likely N-dealkylation sites (N-methyl/N-ethyl adjacent to an activating group) is 1. The lowest BCUT2D eigenvalue weighted by Crippen LogP contribution is -2.34. The van der Waals surface area contributed by atoms with Crippen LogP contribution in [0.5, 0.6) is 0 Å². The van der Waals surface area contributed by atoms with Gasteiger partial charge in [0.15, 0.2) is 0 Å². The molecule has 0 aromatic rings. The minimum atomic E-state index is -0.185. The number of carbonyl (C=O) groups is 1. The highest BCUT2D eigenvalue weighted by Crippen LogP contribution is 2.38. The van der Waals surface area contributed by atoms with E-state index in [0.29, 0.717) is 6.54 Å². The summed E-state index contributed by atoms with van der Waals surface area (Å²) in [6.07, 6.45) is 1.83. The molecule has 0 aromatic heterocycles. The fourth-order valence-electron chi connectivity index (χ4n) is 1.94. The van der Waals surface area contributed by atoms with Gasteiger partial charge in [-0.05, 0) is 5.41 Å². The predicted octanol–water partition coefficient (Wildman–Crippen LogP) is 2.88. The maximum absolute atomic E-state index is 12.4. The van der Waals surface area contributed by atoms with Gasteiger partial charge in [0.25, 0.3) is 5.91 Å². The summed E-state index contributed by atoms with van der Waals surface area (Å²) >= 11 is 0. The van der Waals surface area contributed by atoms with Gasteiger partial charge in [-0.15, -0.1) is 0 Å². The summed E-state index contributed by atoms with van der Waals surface area (Å²) in [5.74, 6) is 0.0972. The minimum Gasteiger partial charge on any atom is -0.337 e. The molecule has 17 heavy (non-hydrogen) atoms. The highest BCUT2D eigenvalue weighted by molar-refractivity contribution is 5.97. The second-order valence-electron chi connectivity index (χ2n) is 6.72. The molecule has 3 nitrogen and oxygen atoms in total. The highest BCUT2D eigenvalue weighted by atomic mass is 16.2. The van der Waals surface area contributed by atoms with Crippen LogP contribution in [0, 0.1) is 10.8 Å². The molecular formula is C14H24N2O. The third-order valence-electron chi connectivity index (χ3n) is 2.83. The van der Waals surface area contributed by atoms with Gasteiger partial charge in [-0.25, -0.2) is 0 Å². The summed E-state index contributed by atoms with van der Waals surface area (Å²) < 4.78 is 0. The zero-order chi connectivity index (χ0) is 13.4. The summed E-state index contributed by atoms with van der Waals surface area (Å²) in [4.78, 5) is 18.7. The molecular weight excluding hydrogens is 212 g/mol. The number of nitrogens with zero attached hydrogens (tertiary/aromatic N) is 2. The molecule has 0 atom stereocenters. The van der Waals surface area contributed by atoms with Gasteiger partial charge >= 0.3 is 0 Å². The maximum Gasteiger partial charge on any atom is 0.252 e. The third-order valence-corrected chi connectivity index (χ3v) is 2.83. The molecule has 1 heterocycles. The molecule has 0 aliphatic carbocycles. The minimum absolute atomic E-state index is 0.0972.